The number of hydrogen-bond donors (Lipinski definition) is 3. The second-order valence-corrected chi connectivity index (χ2v) is 7.31. The number of benzene rings is 3. The summed E-state index contributed by atoms with van der Waals surface area (Å²) in [5.74, 6) is -0.320. The molecule has 0 atom stereocenters. The van der Waals surface area contributed by atoms with E-state index in [4.69, 9.17) is 11.6 Å². The summed E-state index contributed by atoms with van der Waals surface area (Å²) in [7, 11) is 0. The number of tetrazole rings is 1. The SMILES string of the molecule is O=C(Nc1ccc(-c2ccc(F)cc2)cc1-c1nn[nH]n1)c1cc2cc(Cl)ccc2[nH]1. The molecule has 7 nitrogen and oxygen atoms in total. The van der Waals surface area contributed by atoms with Gasteiger partial charge in [0.2, 0.25) is 5.82 Å². The first-order valence-electron chi connectivity index (χ1n) is 9.30. The number of halogens is 2. The molecule has 0 aliphatic rings. The lowest BCUT2D eigenvalue weighted by Gasteiger charge is -2.11. The van der Waals surface area contributed by atoms with Crippen molar-refractivity contribution in [2.45, 2.75) is 0 Å². The molecule has 0 saturated heterocycles. The van der Waals surface area contributed by atoms with E-state index in [2.05, 4.69) is 30.9 Å². The fourth-order valence-electron chi connectivity index (χ4n) is 3.35. The van der Waals surface area contributed by atoms with Gasteiger partial charge < -0.3 is 10.3 Å². The van der Waals surface area contributed by atoms with Gasteiger partial charge in [0.25, 0.3) is 5.91 Å². The lowest BCUT2D eigenvalue weighted by Crippen LogP contribution is -2.13. The van der Waals surface area contributed by atoms with Crippen molar-refractivity contribution in [1.29, 1.82) is 0 Å². The Balaban J connectivity index is 1.51. The molecule has 0 saturated carbocycles. The van der Waals surface area contributed by atoms with Gasteiger partial charge in [-0.1, -0.05) is 29.8 Å². The quantitative estimate of drug-likeness (QED) is 0.369. The summed E-state index contributed by atoms with van der Waals surface area (Å²) in [5.41, 5.74) is 3.91. The molecular formula is C22H14ClFN6O. The normalized spacial score (nSPS) is 11.0. The first-order valence-corrected chi connectivity index (χ1v) is 9.68. The van der Waals surface area contributed by atoms with E-state index in [1.54, 1.807) is 36.4 Å². The Bertz CT molecular complexity index is 1400. The molecule has 0 aliphatic carbocycles. The van der Waals surface area contributed by atoms with E-state index < -0.39 is 0 Å². The average molecular weight is 433 g/mol. The molecule has 0 unspecified atom stereocenters. The molecule has 0 spiro atoms. The van der Waals surface area contributed by atoms with Gasteiger partial charge in [-0.2, -0.15) is 5.21 Å². The van der Waals surface area contributed by atoms with E-state index >= 15 is 0 Å². The Kier molecular flexibility index (Phi) is 4.68. The zero-order chi connectivity index (χ0) is 21.4. The van der Waals surface area contributed by atoms with Crippen LogP contribution in [0.15, 0.2) is 66.7 Å². The number of carbonyl (C=O) groups excluding carboxylic acids is 1. The fraction of sp³-hybridized carbons (Fsp3) is 0. The molecule has 0 fully saturated rings. The molecule has 152 valence electrons. The van der Waals surface area contributed by atoms with Gasteiger partial charge in [0.15, 0.2) is 0 Å². The van der Waals surface area contributed by atoms with Gasteiger partial charge in [0.05, 0.1) is 5.69 Å². The third-order valence-electron chi connectivity index (χ3n) is 4.86. The van der Waals surface area contributed by atoms with Crippen molar-refractivity contribution in [3.63, 3.8) is 0 Å². The smallest absolute Gasteiger partial charge is 0.272 e. The molecule has 9 heteroatoms. The van der Waals surface area contributed by atoms with Gasteiger partial charge in [-0.25, -0.2) is 4.39 Å². The molecule has 1 amide bonds. The van der Waals surface area contributed by atoms with Crippen molar-refractivity contribution in [2.75, 3.05) is 5.32 Å². The number of aromatic nitrogens is 5. The summed E-state index contributed by atoms with van der Waals surface area (Å²) in [6, 6.07) is 18.6. The third-order valence-corrected chi connectivity index (χ3v) is 5.09. The standard InChI is InChI=1S/C22H14ClFN6O/c23-15-4-8-18-14(9-15)11-20(25-18)22(31)26-19-7-3-13(12-1-5-16(24)6-2-12)10-17(19)21-27-29-30-28-21/h1-11,25H,(H,26,31)(H,27,28,29,30). The minimum absolute atomic E-state index is 0.314. The highest BCUT2D eigenvalue weighted by Gasteiger charge is 2.16. The van der Waals surface area contributed by atoms with Crippen LogP contribution < -0.4 is 5.32 Å². The van der Waals surface area contributed by atoms with Crippen LogP contribution >= 0.6 is 11.6 Å². The number of carbonyl (C=O) groups is 1. The van der Waals surface area contributed by atoms with Crippen molar-refractivity contribution in [3.8, 4) is 22.5 Å². The lowest BCUT2D eigenvalue weighted by molar-refractivity contribution is 0.102. The van der Waals surface area contributed by atoms with Gasteiger partial charge in [-0.3, -0.25) is 4.79 Å². The number of nitrogens with zero attached hydrogens (tertiary/aromatic N) is 3. The predicted octanol–water partition coefficient (Wildman–Crippen LogP) is 5.06. The molecule has 0 radical (unpaired) electrons. The third kappa shape index (κ3) is 3.76. The van der Waals surface area contributed by atoms with E-state index in [1.807, 2.05) is 18.2 Å². The minimum atomic E-state index is -0.327. The number of aromatic amines is 2. The fourth-order valence-corrected chi connectivity index (χ4v) is 3.53. The van der Waals surface area contributed by atoms with Gasteiger partial charge >= 0.3 is 0 Å². The molecular weight excluding hydrogens is 419 g/mol. The Hall–Kier alpha value is -4.04. The van der Waals surface area contributed by atoms with Crippen LogP contribution in [0.2, 0.25) is 5.02 Å². The number of rotatable bonds is 4. The Morgan fingerprint density at radius 1 is 0.968 bits per heavy atom. The minimum Gasteiger partial charge on any atom is -0.351 e. The summed E-state index contributed by atoms with van der Waals surface area (Å²) in [6.07, 6.45) is 0. The van der Waals surface area contributed by atoms with Crippen LogP contribution in [0.1, 0.15) is 10.5 Å². The number of fused-ring (bicyclic) bond motifs is 1. The number of H-pyrrole nitrogens is 2. The Labute approximate surface area is 180 Å². The highest BCUT2D eigenvalue weighted by molar-refractivity contribution is 6.31. The van der Waals surface area contributed by atoms with Crippen LogP contribution in [-0.2, 0) is 0 Å². The van der Waals surface area contributed by atoms with Crippen molar-refractivity contribution < 1.29 is 9.18 Å². The van der Waals surface area contributed by atoms with Gasteiger partial charge in [-0.15, -0.1) is 10.2 Å². The van der Waals surface area contributed by atoms with Crippen LogP contribution in [0.5, 0.6) is 0 Å². The zero-order valence-electron chi connectivity index (χ0n) is 15.9. The number of anilines is 1. The highest BCUT2D eigenvalue weighted by Crippen LogP contribution is 2.31. The second kappa shape index (κ2) is 7.66. The molecule has 0 bridgehead atoms. The van der Waals surface area contributed by atoms with Gasteiger partial charge in [0.1, 0.15) is 11.5 Å². The maximum atomic E-state index is 13.3. The molecule has 0 aliphatic heterocycles. The Morgan fingerprint density at radius 3 is 2.55 bits per heavy atom. The summed E-state index contributed by atoms with van der Waals surface area (Å²) >= 11 is 6.03. The monoisotopic (exact) mass is 432 g/mol. The highest BCUT2D eigenvalue weighted by atomic mass is 35.5. The Morgan fingerprint density at radius 2 is 1.77 bits per heavy atom. The van der Waals surface area contributed by atoms with Crippen LogP contribution in [0.25, 0.3) is 33.4 Å². The largest absolute Gasteiger partial charge is 0.351 e. The molecule has 3 aromatic carbocycles. The van der Waals surface area contributed by atoms with Gasteiger partial charge in [0, 0.05) is 21.5 Å². The summed E-state index contributed by atoms with van der Waals surface area (Å²) in [4.78, 5) is 16.0. The zero-order valence-corrected chi connectivity index (χ0v) is 16.6. The molecule has 2 aromatic heterocycles. The van der Waals surface area contributed by atoms with E-state index in [0.717, 1.165) is 22.0 Å². The number of amides is 1. The van der Waals surface area contributed by atoms with E-state index in [0.29, 0.717) is 27.8 Å². The van der Waals surface area contributed by atoms with Crippen molar-refractivity contribution in [2.24, 2.45) is 0 Å². The first kappa shape index (κ1) is 19.0. The topological polar surface area (TPSA) is 99.3 Å². The maximum Gasteiger partial charge on any atom is 0.272 e. The molecule has 3 N–H and O–H groups in total. The molecule has 2 heterocycles. The molecule has 5 aromatic rings. The van der Waals surface area contributed by atoms with Crippen LogP contribution in [0.4, 0.5) is 10.1 Å². The number of nitrogens with one attached hydrogen (secondary N) is 3. The second-order valence-electron chi connectivity index (χ2n) is 6.87. The first-order chi connectivity index (χ1) is 15.1. The molecule has 5 rings (SSSR count). The van der Waals surface area contributed by atoms with Crippen molar-refractivity contribution >= 4 is 34.1 Å². The van der Waals surface area contributed by atoms with Crippen molar-refractivity contribution in [3.05, 3.63) is 83.3 Å². The summed E-state index contributed by atoms with van der Waals surface area (Å²) in [6.45, 7) is 0. The lowest BCUT2D eigenvalue weighted by atomic mass is 10.0. The van der Waals surface area contributed by atoms with Crippen molar-refractivity contribution in [1.82, 2.24) is 25.6 Å². The maximum absolute atomic E-state index is 13.3. The molecule has 31 heavy (non-hydrogen) atoms. The number of hydrogen-bond acceptors (Lipinski definition) is 4. The summed E-state index contributed by atoms with van der Waals surface area (Å²) < 4.78 is 13.3. The van der Waals surface area contributed by atoms with Crippen LogP contribution in [0.3, 0.4) is 0 Å². The van der Waals surface area contributed by atoms with E-state index in [-0.39, 0.29) is 11.7 Å². The van der Waals surface area contributed by atoms with Crippen LogP contribution in [-0.4, -0.2) is 31.5 Å². The average Bonchev–Trinajstić information content (AvgIpc) is 3.44. The predicted molar refractivity (Wildman–Crippen MR) is 116 cm³/mol. The van der Waals surface area contributed by atoms with E-state index in [1.165, 1.54) is 12.1 Å². The van der Waals surface area contributed by atoms with Crippen LogP contribution in [0, 0.1) is 5.82 Å². The van der Waals surface area contributed by atoms with E-state index in [9.17, 15) is 9.18 Å². The summed E-state index contributed by atoms with van der Waals surface area (Å²) in [5, 5.41) is 18.4. The van der Waals surface area contributed by atoms with Gasteiger partial charge in [-0.05, 0) is 64.9 Å².